The number of carbonyl (C=O) groups excluding carboxylic acids is 2. The van der Waals surface area contributed by atoms with E-state index in [1.54, 1.807) is 0 Å². The second-order valence-corrected chi connectivity index (χ2v) is 8.13. The monoisotopic (exact) mass is 406 g/mol. The number of nitrogens with zero attached hydrogens (tertiary/aromatic N) is 2. The number of amides is 2. The standard InChI is InChI=1S/C23H19ClN2O3/c24-18-6-3-4-14(10-18)13-29-19-7-2-1-5-17(19)12-25-26-22(27)20-15-8-9-16(11-15)21(20)23(26)28/h1-10,12,15-16,20-21H,11,13H2/b25-12-/t15-,16+,20+,21-. The molecule has 0 spiro atoms. The molecule has 0 aromatic heterocycles. The van der Waals surface area contributed by atoms with Crippen molar-refractivity contribution in [2.45, 2.75) is 13.0 Å². The number of halogens is 1. The maximum atomic E-state index is 12.7. The summed E-state index contributed by atoms with van der Waals surface area (Å²) >= 11 is 6.02. The van der Waals surface area contributed by atoms with Gasteiger partial charge in [0.05, 0.1) is 18.1 Å². The van der Waals surface area contributed by atoms with Crippen molar-refractivity contribution in [3.63, 3.8) is 0 Å². The summed E-state index contributed by atoms with van der Waals surface area (Å²) in [6.07, 6.45) is 6.58. The summed E-state index contributed by atoms with van der Waals surface area (Å²) in [5.74, 6) is 0.103. The zero-order valence-electron chi connectivity index (χ0n) is 15.6. The van der Waals surface area contributed by atoms with Crippen molar-refractivity contribution in [3.05, 3.63) is 76.8 Å². The molecule has 3 aliphatic rings. The highest BCUT2D eigenvalue weighted by Gasteiger charge is 2.59. The number of rotatable bonds is 5. The zero-order chi connectivity index (χ0) is 20.0. The number of hydrazone groups is 1. The largest absolute Gasteiger partial charge is 0.488 e. The molecule has 1 heterocycles. The molecule has 2 bridgehead atoms. The lowest BCUT2D eigenvalue weighted by atomic mass is 9.85. The molecule has 1 saturated carbocycles. The summed E-state index contributed by atoms with van der Waals surface area (Å²) in [6.45, 7) is 0.353. The summed E-state index contributed by atoms with van der Waals surface area (Å²) in [5, 5.41) is 5.95. The molecular weight excluding hydrogens is 388 g/mol. The Labute approximate surface area is 173 Å². The van der Waals surface area contributed by atoms with Gasteiger partial charge in [0.2, 0.25) is 0 Å². The normalized spacial score (nSPS) is 27.3. The van der Waals surface area contributed by atoms with E-state index in [2.05, 4.69) is 17.3 Å². The number of carbonyl (C=O) groups is 2. The lowest BCUT2D eigenvalue weighted by molar-refractivity contribution is -0.140. The predicted molar refractivity (Wildman–Crippen MR) is 109 cm³/mol. The topological polar surface area (TPSA) is 59.0 Å². The predicted octanol–water partition coefficient (Wildman–Crippen LogP) is 4.06. The van der Waals surface area contributed by atoms with E-state index < -0.39 is 0 Å². The van der Waals surface area contributed by atoms with E-state index in [0.29, 0.717) is 22.9 Å². The molecule has 2 aromatic carbocycles. The van der Waals surface area contributed by atoms with Crippen LogP contribution >= 0.6 is 11.6 Å². The highest BCUT2D eigenvalue weighted by atomic mass is 35.5. The first-order valence-corrected chi connectivity index (χ1v) is 10.1. The second kappa shape index (κ2) is 7.16. The first-order valence-electron chi connectivity index (χ1n) is 9.68. The number of allylic oxidation sites excluding steroid dienone is 2. The summed E-state index contributed by atoms with van der Waals surface area (Å²) in [7, 11) is 0. The van der Waals surface area contributed by atoms with E-state index in [4.69, 9.17) is 16.3 Å². The molecular formula is C23H19ClN2O3. The molecule has 1 aliphatic heterocycles. The van der Waals surface area contributed by atoms with Crippen LogP contribution in [0.4, 0.5) is 0 Å². The smallest absolute Gasteiger partial charge is 0.254 e. The van der Waals surface area contributed by atoms with E-state index in [-0.39, 0.29) is 35.5 Å². The maximum Gasteiger partial charge on any atom is 0.254 e. The van der Waals surface area contributed by atoms with Gasteiger partial charge < -0.3 is 4.74 Å². The van der Waals surface area contributed by atoms with E-state index in [1.807, 2.05) is 48.5 Å². The Morgan fingerprint density at radius 3 is 2.48 bits per heavy atom. The van der Waals surface area contributed by atoms with Crippen LogP contribution in [-0.2, 0) is 16.2 Å². The highest BCUT2D eigenvalue weighted by Crippen LogP contribution is 2.52. The molecule has 2 aromatic rings. The van der Waals surface area contributed by atoms with Gasteiger partial charge in [-0.2, -0.15) is 10.1 Å². The molecule has 146 valence electrons. The van der Waals surface area contributed by atoms with E-state index >= 15 is 0 Å². The molecule has 0 N–H and O–H groups in total. The maximum absolute atomic E-state index is 12.7. The fourth-order valence-electron chi connectivity index (χ4n) is 4.63. The SMILES string of the molecule is O=C1[C@@H]2[C@H](C(=O)N1/N=C\c1ccccc1OCc1cccc(Cl)c1)[C@H]1C=C[C@@H]2C1. The van der Waals surface area contributed by atoms with E-state index in [0.717, 1.165) is 17.0 Å². The van der Waals surface area contributed by atoms with Crippen LogP contribution in [0.1, 0.15) is 17.5 Å². The molecule has 0 radical (unpaired) electrons. The number of ether oxygens (including phenoxy) is 1. The molecule has 5 nitrogen and oxygen atoms in total. The Bertz CT molecular complexity index is 1020. The highest BCUT2D eigenvalue weighted by molar-refractivity contribution is 6.30. The van der Waals surface area contributed by atoms with Crippen LogP contribution < -0.4 is 4.74 Å². The van der Waals surface area contributed by atoms with Crippen LogP contribution in [-0.4, -0.2) is 23.0 Å². The van der Waals surface area contributed by atoms with Crippen molar-refractivity contribution in [2.75, 3.05) is 0 Å². The minimum atomic E-state index is -0.246. The van der Waals surface area contributed by atoms with Crippen LogP contribution in [0.25, 0.3) is 0 Å². The number of imide groups is 1. The number of fused-ring (bicyclic) bond motifs is 5. The van der Waals surface area contributed by atoms with Gasteiger partial charge in [-0.25, -0.2) is 0 Å². The molecule has 2 aliphatic carbocycles. The fraction of sp³-hybridized carbons (Fsp3) is 0.261. The minimum Gasteiger partial charge on any atom is -0.488 e. The third kappa shape index (κ3) is 3.15. The Balaban J connectivity index is 1.33. The third-order valence-electron chi connectivity index (χ3n) is 5.96. The summed E-state index contributed by atoms with van der Waals surface area (Å²) in [4.78, 5) is 25.5. The number of hydrogen-bond donors (Lipinski definition) is 0. The first kappa shape index (κ1) is 18.1. The van der Waals surface area contributed by atoms with Gasteiger partial charge in [0, 0.05) is 10.6 Å². The number of benzene rings is 2. The van der Waals surface area contributed by atoms with Crippen molar-refractivity contribution >= 4 is 29.6 Å². The van der Waals surface area contributed by atoms with Gasteiger partial charge in [0.1, 0.15) is 12.4 Å². The number of hydrogen-bond acceptors (Lipinski definition) is 4. The van der Waals surface area contributed by atoms with Crippen LogP contribution in [0.5, 0.6) is 5.75 Å². The molecule has 4 atom stereocenters. The van der Waals surface area contributed by atoms with Gasteiger partial charge in [-0.15, -0.1) is 0 Å². The molecule has 2 fully saturated rings. The second-order valence-electron chi connectivity index (χ2n) is 7.69. The Morgan fingerprint density at radius 1 is 1.03 bits per heavy atom. The average Bonchev–Trinajstić information content (AvgIpc) is 3.40. The van der Waals surface area contributed by atoms with Gasteiger partial charge >= 0.3 is 0 Å². The molecule has 6 heteroatoms. The summed E-state index contributed by atoms with van der Waals surface area (Å²) in [6, 6.07) is 14.9. The fourth-order valence-corrected chi connectivity index (χ4v) is 4.84. The Morgan fingerprint density at radius 2 is 1.76 bits per heavy atom. The zero-order valence-corrected chi connectivity index (χ0v) is 16.3. The van der Waals surface area contributed by atoms with Crippen LogP contribution in [0.15, 0.2) is 65.8 Å². The Hall–Kier alpha value is -2.92. The lowest BCUT2D eigenvalue weighted by Crippen LogP contribution is -2.28. The lowest BCUT2D eigenvalue weighted by Gasteiger charge is -2.13. The summed E-state index contributed by atoms with van der Waals surface area (Å²) < 4.78 is 5.92. The molecule has 5 rings (SSSR count). The first-order chi connectivity index (χ1) is 14.1. The van der Waals surface area contributed by atoms with Crippen LogP contribution in [0.3, 0.4) is 0 Å². The van der Waals surface area contributed by atoms with E-state index in [1.165, 1.54) is 6.21 Å². The van der Waals surface area contributed by atoms with Gasteiger partial charge in [-0.05, 0) is 48.1 Å². The van der Waals surface area contributed by atoms with Crippen molar-refractivity contribution in [1.82, 2.24) is 5.01 Å². The summed E-state index contributed by atoms with van der Waals surface area (Å²) in [5.41, 5.74) is 1.65. The van der Waals surface area contributed by atoms with Gasteiger partial charge in [-0.1, -0.05) is 48.0 Å². The molecule has 1 saturated heterocycles. The van der Waals surface area contributed by atoms with Gasteiger partial charge in [0.15, 0.2) is 0 Å². The number of para-hydroxylation sites is 1. The average molecular weight is 407 g/mol. The van der Waals surface area contributed by atoms with Gasteiger partial charge in [-0.3, -0.25) is 9.59 Å². The Kier molecular flexibility index (Phi) is 4.47. The third-order valence-corrected chi connectivity index (χ3v) is 6.20. The van der Waals surface area contributed by atoms with Crippen molar-refractivity contribution in [1.29, 1.82) is 0 Å². The van der Waals surface area contributed by atoms with Gasteiger partial charge in [0.25, 0.3) is 11.8 Å². The molecule has 29 heavy (non-hydrogen) atoms. The van der Waals surface area contributed by atoms with E-state index in [9.17, 15) is 9.59 Å². The quantitative estimate of drug-likeness (QED) is 0.427. The molecule has 2 amide bonds. The van der Waals surface area contributed by atoms with Crippen molar-refractivity contribution in [3.8, 4) is 5.75 Å². The molecule has 0 unspecified atom stereocenters. The van der Waals surface area contributed by atoms with Crippen molar-refractivity contribution < 1.29 is 14.3 Å². The van der Waals surface area contributed by atoms with Crippen LogP contribution in [0.2, 0.25) is 5.02 Å². The van der Waals surface area contributed by atoms with Crippen molar-refractivity contribution in [2.24, 2.45) is 28.8 Å². The van der Waals surface area contributed by atoms with Crippen LogP contribution in [0, 0.1) is 23.7 Å². The minimum absolute atomic E-state index is 0.176.